The van der Waals surface area contributed by atoms with Crippen LogP contribution in [0.3, 0.4) is 0 Å². The zero-order chi connectivity index (χ0) is 13.8. The third-order valence-corrected chi connectivity index (χ3v) is 4.52. The molecule has 19 heavy (non-hydrogen) atoms. The molecular weight excluding hydrogens is 278 g/mol. The van der Waals surface area contributed by atoms with Crippen molar-refractivity contribution in [3.8, 4) is 0 Å². The van der Waals surface area contributed by atoms with E-state index in [-0.39, 0.29) is 11.9 Å². The van der Waals surface area contributed by atoms with Crippen LogP contribution in [0.4, 0.5) is 0 Å². The van der Waals surface area contributed by atoms with E-state index in [1.54, 1.807) is 17.5 Å². The van der Waals surface area contributed by atoms with Crippen LogP contribution < -0.4 is 5.32 Å². The molecule has 0 radical (unpaired) electrons. The van der Waals surface area contributed by atoms with Crippen LogP contribution in [-0.4, -0.2) is 15.9 Å². The molecule has 6 heteroatoms. The van der Waals surface area contributed by atoms with Crippen molar-refractivity contribution in [3.63, 3.8) is 0 Å². The van der Waals surface area contributed by atoms with Crippen molar-refractivity contribution in [2.24, 2.45) is 0 Å². The summed E-state index contributed by atoms with van der Waals surface area (Å²) in [5.74, 6) is 0.234. The first-order chi connectivity index (χ1) is 9.11. The lowest BCUT2D eigenvalue weighted by Crippen LogP contribution is -2.28. The van der Waals surface area contributed by atoms with E-state index in [2.05, 4.69) is 29.1 Å². The molecule has 0 aliphatic carbocycles. The van der Waals surface area contributed by atoms with E-state index < -0.39 is 0 Å². The highest BCUT2D eigenvalue weighted by Gasteiger charge is 2.18. The lowest BCUT2D eigenvalue weighted by atomic mass is 10.2. The van der Waals surface area contributed by atoms with E-state index in [9.17, 15) is 4.79 Å². The minimum Gasteiger partial charge on any atom is -0.341 e. The Morgan fingerprint density at radius 2 is 2.21 bits per heavy atom. The van der Waals surface area contributed by atoms with Gasteiger partial charge in [0.25, 0.3) is 5.91 Å². The largest absolute Gasteiger partial charge is 0.341 e. The number of amides is 1. The van der Waals surface area contributed by atoms with Gasteiger partial charge in [0.05, 0.1) is 11.7 Å². The van der Waals surface area contributed by atoms with Crippen molar-refractivity contribution in [1.29, 1.82) is 0 Å². The number of thiazole rings is 2. The molecule has 102 valence electrons. The lowest BCUT2D eigenvalue weighted by molar-refractivity contribution is 0.0935. The molecule has 1 N–H and O–H groups in total. The van der Waals surface area contributed by atoms with E-state index in [1.807, 2.05) is 17.7 Å². The fourth-order valence-electron chi connectivity index (χ4n) is 1.62. The summed E-state index contributed by atoms with van der Waals surface area (Å²) < 4.78 is 0. The standard InChI is InChI=1S/C13H17N3OS2/c1-4-9(12-14-5-6-18-12)15-11(17)13-16-10(7-19-13)8(2)3/h5-9H,4H2,1-3H3,(H,15,17)/t9-/m0/s1. The minimum atomic E-state index is -0.112. The highest BCUT2D eigenvalue weighted by atomic mass is 32.1. The average molecular weight is 295 g/mol. The Morgan fingerprint density at radius 3 is 2.74 bits per heavy atom. The van der Waals surface area contributed by atoms with Gasteiger partial charge in [-0.15, -0.1) is 22.7 Å². The Morgan fingerprint density at radius 1 is 1.42 bits per heavy atom. The van der Waals surface area contributed by atoms with Crippen molar-refractivity contribution in [3.05, 3.63) is 32.7 Å². The number of carbonyl (C=O) groups is 1. The second-order valence-electron chi connectivity index (χ2n) is 4.54. The second kappa shape index (κ2) is 6.25. The van der Waals surface area contributed by atoms with E-state index in [0.717, 1.165) is 17.1 Å². The molecule has 0 aromatic carbocycles. The molecule has 0 saturated carbocycles. The van der Waals surface area contributed by atoms with Crippen LogP contribution in [0, 0.1) is 0 Å². The molecule has 2 rings (SSSR count). The first-order valence-corrected chi connectivity index (χ1v) is 8.03. The van der Waals surface area contributed by atoms with Crippen LogP contribution in [-0.2, 0) is 0 Å². The van der Waals surface area contributed by atoms with Gasteiger partial charge in [0.1, 0.15) is 5.01 Å². The van der Waals surface area contributed by atoms with Crippen LogP contribution in [0.1, 0.15) is 59.7 Å². The highest BCUT2D eigenvalue weighted by molar-refractivity contribution is 7.11. The molecule has 2 aromatic rings. The molecule has 4 nitrogen and oxygen atoms in total. The van der Waals surface area contributed by atoms with Gasteiger partial charge in [-0.3, -0.25) is 4.79 Å². The van der Waals surface area contributed by atoms with Crippen LogP contribution in [0.2, 0.25) is 0 Å². The average Bonchev–Trinajstić information content (AvgIpc) is 3.05. The maximum atomic E-state index is 12.2. The van der Waals surface area contributed by atoms with Gasteiger partial charge in [-0.2, -0.15) is 0 Å². The normalized spacial score (nSPS) is 12.6. The van der Waals surface area contributed by atoms with Gasteiger partial charge in [0.2, 0.25) is 0 Å². The van der Waals surface area contributed by atoms with Crippen molar-refractivity contribution in [1.82, 2.24) is 15.3 Å². The number of nitrogens with zero attached hydrogens (tertiary/aromatic N) is 2. The monoisotopic (exact) mass is 295 g/mol. The summed E-state index contributed by atoms with van der Waals surface area (Å²) >= 11 is 2.96. The molecule has 0 bridgehead atoms. The molecule has 2 aromatic heterocycles. The Labute approximate surface area is 120 Å². The summed E-state index contributed by atoms with van der Waals surface area (Å²) in [5, 5.41) is 8.33. The predicted octanol–water partition coefficient (Wildman–Crippen LogP) is 3.60. The Bertz CT molecular complexity index is 534. The summed E-state index contributed by atoms with van der Waals surface area (Å²) in [6, 6.07) is -0.0288. The van der Waals surface area contributed by atoms with Crippen LogP contribution in [0.5, 0.6) is 0 Å². The highest BCUT2D eigenvalue weighted by Crippen LogP contribution is 2.21. The third kappa shape index (κ3) is 3.39. The van der Waals surface area contributed by atoms with Crippen molar-refractivity contribution >= 4 is 28.6 Å². The van der Waals surface area contributed by atoms with Crippen molar-refractivity contribution in [2.45, 2.75) is 39.2 Å². The van der Waals surface area contributed by atoms with Crippen LogP contribution >= 0.6 is 22.7 Å². The number of nitrogens with one attached hydrogen (secondary N) is 1. The van der Waals surface area contributed by atoms with E-state index >= 15 is 0 Å². The molecule has 0 saturated heterocycles. The third-order valence-electron chi connectivity index (χ3n) is 2.77. The summed E-state index contributed by atoms with van der Waals surface area (Å²) in [6.45, 7) is 6.18. The van der Waals surface area contributed by atoms with E-state index in [4.69, 9.17) is 0 Å². The number of hydrogen-bond acceptors (Lipinski definition) is 5. The molecular formula is C13H17N3OS2. The van der Waals surface area contributed by atoms with Crippen molar-refractivity contribution in [2.75, 3.05) is 0 Å². The summed E-state index contributed by atoms with van der Waals surface area (Å²) in [4.78, 5) is 20.8. The number of aromatic nitrogens is 2. The minimum absolute atomic E-state index is 0.0288. The van der Waals surface area contributed by atoms with Gasteiger partial charge in [-0.1, -0.05) is 20.8 Å². The molecule has 0 spiro atoms. The first kappa shape index (κ1) is 14.1. The smallest absolute Gasteiger partial charge is 0.280 e. The maximum Gasteiger partial charge on any atom is 0.280 e. The van der Waals surface area contributed by atoms with Gasteiger partial charge in [0.15, 0.2) is 5.01 Å². The zero-order valence-electron chi connectivity index (χ0n) is 11.2. The number of hydrogen-bond donors (Lipinski definition) is 1. The summed E-state index contributed by atoms with van der Waals surface area (Å²) in [6.07, 6.45) is 2.58. The van der Waals surface area contributed by atoms with E-state index in [0.29, 0.717) is 10.9 Å². The molecule has 1 atom stereocenters. The fourth-order valence-corrected chi connectivity index (χ4v) is 3.27. The van der Waals surface area contributed by atoms with Crippen LogP contribution in [0.25, 0.3) is 0 Å². The fraction of sp³-hybridized carbons (Fsp3) is 0.462. The lowest BCUT2D eigenvalue weighted by Gasteiger charge is -2.13. The van der Waals surface area contributed by atoms with Gasteiger partial charge >= 0.3 is 0 Å². The Kier molecular flexibility index (Phi) is 4.66. The van der Waals surface area contributed by atoms with Gasteiger partial charge in [-0.05, 0) is 12.3 Å². The molecule has 0 fully saturated rings. The summed E-state index contributed by atoms with van der Waals surface area (Å²) in [7, 11) is 0. The predicted molar refractivity (Wildman–Crippen MR) is 78.8 cm³/mol. The Hall–Kier alpha value is -1.27. The zero-order valence-corrected chi connectivity index (χ0v) is 12.8. The topological polar surface area (TPSA) is 54.9 Å². The molecule has 2 heterocycles. The molecule has 1 amide bonds. The molecule has 0 aliphatic rings. The molecule has 0 aliphatic heterocycles. The van der Waals surface area contributed by atoms with Gasteiger partial charge in [0, 0.05) is 17.0 Å². The maximum absolute atomic E-state index is 12.2. The summed E-state index contributed by atoms with van der Waals surface area (Å²) in [5.41, 5.74) is 0.970. The molecule has 0 unspecified atom stereocenters. The first-order valence-electron chi connectivity index (χ1n) is 6.27. The Balaban J connectivity index is 2.07. The van der Waals surface area contributed by atoms with Gasteiger partial charge < -0.3 is 5.32 Å². The second-order valence-corrected chi connectivity index (χ2v) is 6.32. The SMILES string of the molecule is CC[C@H](NC(=O)c1nc(C(C)C)cs1)c1nccs1. The van der Waals surface area contributed by atoms with Crippen LogP contribution in [0.15, 0.2) is 17.0 Å². The van der Waals surface area contributed by atoms with Gasteiger partial charge in [-0.25, -0.2) is 9.97 Å². The number of rotatable bonds is 5. The van der Waals surface area contributed by atoms with E-state index in [1.165, 1.54) is 11.3 Å². The quantitative estimate of drug-likeness (QED) is 0.917. The number of carbonyl (C=O) groups excluding carboxylic acids is 1. The van der Waals surface area contributed by atoms with Crippen molar-refractivity contribution < 1.29 is 4.79 Å².